The van der Waals surface area contributed by atoms with Gasteiger partial charge in [-0.2, -0.15) is 0 Å². The van der Waals surface area contributed by atoms with Crippen LogP contribution in [-0.4, -0.2) is 12.3 Å². The molecule has 0 bridgehead atoms. The Morgan fingerprint density at radius 3 is 2.83 bits per heavy atom. The van der Waals surface area contributed by atoms with Gasteiger partial charge in [-0.1, -0.05) is 12.1 Å². The van der Waals surface area contributed by atoms with Crippen molar-refractivity contribution in [3.63, 3.8) is 0 Å². The van der Waals surface area contributed by atoms with Gasteiger partial charge in [0.25, 0.3) is 0 Å². The minimum atomic E-state index is 0.252. The Hall–Kier alpha value is -1.15. The molecule has 1 aliphatic rings. The molecule has 2 N–H and O–H groups in total. The van der Waals surface area contributed by atoms with Crippen LogP contribution >= 0.6 is 0 Å². The lowest BCUT2D eigenvalue weighted by atomic mass is 10.1. The van der Waals surface area contributed by atoms with Gasteiger partial charge in [0.05, 0.1) is 0 Å². The molecule has 0 aromatic heterocycles. The van der Waals surface area contributed by atoms with E-state index in [-0.39, 0.29) is 6.04 Å². The third-order valence-corrected chi connectivity index (χ3v) is 2.33. The number of fused-ring (bicyclic) bond motifs is 1. The molecule has 1 aliphatic carbocycles. The molecule has 0 saturated heterocycles. The Labute approximate surface area is 71.4 Å². The van der Waals surface area contributed by atoms with E-state index in [1.807, 2.05) is 18.2 Å². The molecule has 1 aromatic carbocycles. The summed E-state index contributed by atoms with van der Waals surface area (Å²) in [6.07, 6.45) is 2.75. The quantitative estimate of drug-likeness (QED) is 0.622. The van der Waals surface area contributed by atoms with Crippen LogP contribution in [0.15, 0.2) is 18.2 Å². The lowest BCUT2D eigenvalue weighted by Crippen LogP contribution is -2.18. The Bertz CT molecular complexity index is 320. The molecule has 0 unspecified atom stereocenters. The number of hydrogen-bond donors (Lipinski definition) is 1. The van der Waals surface area contributed by atoms with Crippen molar-refractivity contribution in [2.45, 2.75) is 18.9 Å². The molecule has 12 heavy (non-hydrogen) atoms. The van der Waals surface area contributed by atoms with Crippen molar-refractivity contribution in [3.8, 4) is 0 Å². The molecular formula is C10H11NO. The normalized spacial score (nSPS) is 20.6. The maximum Gasteiger partial charge on any atom is 0.150 e. The highest BCUT2D eigenvalue weighted by Crippen LogP contribution is 2.21. The Morgan fingerprint density at radius 1 is 1.33 bits per heavy atom. The van der Waals surface area contributed by atoms with E-state index in [4.69, 9.17) is 5.73 Å². The van der Waals surface area contributed by atoms with Crippen LogP contribution in [0.2, 0.25) is 0 Å². The Kier molecular flexibility index (Phi) is 1.70. The smallest absolute Gasteiger partial charge is 0.150 e. The SMILES string of the molecule is N[C@@H]1Cc2ccc(C=O)cc2C1. The number of nitrogens with two attached hydrogens (primary N) is 1. The second-order valence-electron chi connectivity index (χ2n) is 3.31. The lowest BCUT2D eigenvalue weighted by molar-refractivity contribution is 0.112. The number of hydrogen-bond acceptors (Lipinski definition) is 2. The number of aldehydes is 1. The standard InChI is InChI=1S/C10H11NO/c11-10-4-8-2-1-7(6-12)3-9(8)5-10/h1-3,6,10H,4-5,11H2/t10-/m1/s1. The largest absolute Gasteiger partial charge is 0.327 e. The second kappa shape index (κ2) is 2.72. The summed E-state index contributed by atoms with van der Waals surface area (Å²) in [6, 6.07) is 6.05. The molecule has 0 spiro atoms. The fourth-order valence-electron chi connectivity index (χ4n) is 1.75. The highest BCUT2D eigenvalue weighted by molar-refractivity contribution is 5.75. The molecule has 0 heterocycles. The maximum atomic E-state index is 10.5. The van der Waals surface area contributed by atoms with E-state index in [9.17, 15) is 4.79 Å². The van der Waals surface area contributed by atoms with Crippen molar-refractivity contribution in [2.24, 2.45) is 5.73 Å². The summed E-state index contributed by atoms with van der Waals surface area (Å²) in [5.41, 5.74) is 9.08. The number of benzene rings is 1. The van der Waals surface area contributed by atoms with Gasteiger partial charge in [-0.25, -0.2) is 0 Å². The summed E-state index contributed by atoms with van der Waals surface area (Å²) < 4.78 is 0. The molecular weight excluding hydrogens is 150 g/mol. The lowest BCUT2D eigenvalue weighted by Gasteiger charge is -1.97. The van der Waals surface area contributed by atoms with E-state index in [0.717, 1.165) is 24.7 Å². The minimum Gasteiger partial charge on any atom is -0.327 e. The molecule has 1 aromatic rings. The third-order valence-electron chi connectivity index (χ3n) is 2.33. The monoisotopic (exact) mass is 161 g/mol. The van der Waals surface area contributed by atoms with Crippen molar-refractivity contribution >= 4 is 6.29 Å². The summed E-state index contributed by atoms with van der Waals surface area (Å²) in [7, 11) is 0. The predicted molar refractivity (Wildman–Crippen MR) is 47.2 cm³/mol. The summed E-state index contributed by atoms with van der Waals surface area (Å²) in [4.78, 5) is 10.5. The first-order valence-electron chi connectivity index (χ1n) is 4.12. The predicted octanol–water partition coefficient (Wildman–Crippen LogP) is 0.925. The van der Waals surface area contributed by atoms with Gasteiger partial charge >= 0.3 is 0 Å². The summed E-state index contributed by atoms with van der Waals surface area (Å²) in [5.74, 6) is 0. The first kappa shape index (κ1) is 7.50. The molecule has 0 amide bonds. The van der Waals surface area contributed by atoms with E-state index in [0.29, 0.717) is 0 Å². The van der Waals surface area contributed by atoms with Crippen molar-refractivity contribution in [1.29, 1.82) is 0 Å². The molecule has 0 fully saturated rings. The Morgan fingerprint density at radius 2 is 2.08 bits per heavy atom. The molecule has 2 nitrogen and oxygen atoms in total. The highest BCUT2D eigenvalue weighted by Gasteiger charge is 2.17. The van der Waals surface area contributed by atoms with Crippen LogP contribution < -0.4 is 5.73 Å². The minimum absolute atomic E-state index is 0.252. The van der Waals surface area contributed by atoms with Gasteiger partial charge in [0.2, 0.25) is 0 Å². The summed E-state index contributed by atoms with van der Waals surface area (Å²) in [6.45, 7) is 0. The zero-order valence-electron chi connectivity index (χ0n) is 6.79. The highest BCUT2D eigenvalue weighted by atomic mass is 16.1. The molecule has 62 valence electrons. The van der Waals surface area contributed by atoms with E-state index >= 15 is 0 Å². The topological polar surface area (TPSA) is 43.1 Å². The average Bonchev–Trinajstić information content (AvgIpc) is 2.43. The van der Waals surface area contributed by atoms with E-state index < -0.39 is 0 Å². The van der Waals surface area contributed by atoms with Gasteiger partial charge in [-0.3, -0.25) is 4.79 Å². The van der Waals surface area contributed by atoms with Crippen LogP contribution in [0.5, 0.6) is 0 Å². The van der Waals surface area contributed by atoms with Crippen LogP contribution in [-0.2, 0) is 12.8 Å². The van der Waals surface area contributed by atoms with Gasteiger partial charge < -0.3 is 5.73 Å². The van der Waals surface area contributed by atoms with Crippen molar-refractivity contribution in [1.82, 2.24) is 0 Å². The zero-order chi connectivity index (χ0) is 8.55. The molecule has 2 heteroatoms. The molecule has 0 aliphatic heterocycles. The van der Waals surface area contributed by atoms with Crippen LogP contribution in [0, 0.1) is 0 Å². The van der Waals surface area contributed by atoms with Crippen molar-refractivity contribution in [2.75, 3.05) is 0 Å². The van der Waals surface area contributed by atoms with Crippen LogP contribution in [0.1, 0.15) is 21.5 Å². The second-order valence-corrected chi connectivity index (χ2v) is 3.31. The van der Waals surface area contributed by atoms with Crippen molar-refractivity contribution in [3.05, 3.63) is 34.9 Å². The van der Waals surface area contributed by atoms with Gasteiger partial charge in [0, 0.05) is 11.6 Å². The van der Waals surface area contributed by atoms with Gasteiger partial charge in [-0.05, 0) is 30.0 Å². The zero-order valence-corrected chi connectivity index (χ0v) is 6.79. The molecule has 0 saturated carbocycles. The molecule has 0 radical (unpaired) electrons. The fourth-order valence-corrected chi connectivity index (χ4v) is 1.75. The molecule has 2 rings (SSSR count). The van der Waals surface area contributed by atoms with Gasteiger partial charge in [0.1, 0.15) is 6.29 Å². The van der Waals surface area contributed by atoms with Gasteiger partial charge in [-0.15, -0.1) is 0 Å². The summed E-state index contributed by atoms with van der Waals surface area (Å²) in [5, 5.41) is 0. The number of carbonyl (C=O) groups is 1. The maximum absolute atomic E-state index is 10.5. The van der Waals surface area contributed by atoms with Crippen LogP contribution in [0.25, 0.3) is 0 Å². The van der Waals surface area contributed by atoms with Gasteiger partial charge in [0.15, 0.2) is 0 Å². The van der Waals surface area contributed by atoms with E-state index in [2.05, 4.69) is 0 Å². The summed E-state index contributed by atoms with van der Waals surface area (Å²) >= 11 is 0. The first-order chi connectivity index (χ1) is 5.79. The average molecular weight is 161 g/mol. The number of rotatable bonds is 1. The van der Waals surface area contributed by atoms with Crippen LogP contribution in [0.4, 0.5) is 0 Å². The van der Waals surface area contributed by atoms with Crippen molar-refractivity contribution < 1.29 is 4.79 Å². The van der Waals surface area contributed by atoms with E-state index in [1.54, 1.807) is 0 Å². The Balaban J connectivity index is 2.41. The first-order valence-corrected chi connectivity index (χ1v) is 4.12. The van der Waals surface area contributed by atoms with E-state index in [1.165, 1.54) is 11.1 Å². The number of carbonyl (C=O) groups excluding carboxylic acids is 1. The fraction of sp³-hybridized carbons (Fsp3) is 0.300. The molecule has 1 atom stereocenters. The third kappa shape index (κ3) is 1.14. The van der Waals surface area contributed by atoms with Crippen LogP contribution in [0.3, 0.4) is 0 Å².